The molecule has 0 bridgehead atoms. The van der Waals surface area contributed by atoms with Crippen LogP contribution in [0.25, 0.3) is 16.3 Å². The van der Waals surface area contributed by atoms with Crippen LogP contribution in [0.15, 0.2) is 59.7 Å². The van der Waals surface area contributed by atoms with Gasteiger partial charge in [0.05, 0.1) is 11.1 Å². The number of benzene rings is 1. The van der Waals surface area contributed by atoms with Gasteiger partial charge in [-0.25, -0.2) is 4.98 Å². The number of aryl methyl sites for hydroxylation is 2. The Kier molecular flexibility index (Phi) is 3.63. The highest BCUT2D eigenvalue weighted by Gasteiger charge is 2.12. The van der Waals surface area contributed by atoms with Gasteiger partial charge in [0, 0.05) is 6.20 Å². The number of aromatic nitrogens is 3. The number of hydrogen-bond donors (Lipinski definition) is 0. The zero-order chi connectivity index (χ0) is 15.6. The third kappa shape index (κ3) is 2.87. The average molecular weight is 321 g/mol. The normalized spacial score (nSPS) is 11.3. The molecule has 0 saturated carbocycles. The minimum Gasteiger partial charge on any atom is -0.285 e. The van der Waals surface area contributed by atoms with Crippen LogP contribution in [0.1, 0.15) is 17.5 Å². The Morgan fingerprint density at radius 1 is 1.04 bits per heavy atom. The second-order valence-corrected chi connectivity index (χ2v) is 6.52. The minimum atomic E-state index is -0.172. The molecule has 0 atom stereocenters. The van der Waals surface area contributed by atoms with E-state index in [0.29, 0.717) is 5.82 Å². The van der Waals surface area contributed by atoms with Crippen molar-refractivity contribution in [3.63, 3.8) is 0 Å². The van der Waals surface area contributed by atoms with Crippen LogP contribution in [0, 0.1) is 0 Å². The van der Waals surface area contributed by atoms with Gasteiger partial charge in [-0.2, -0.15) is 4.98 Å². The molecule has 2 aromatic rings. The maximum Gasteiger partial charge on any atom is 0.329 e. The third-order valence-corrected chi connectivity index (χ3v) is 4.70. The Bertz CT molecular complexity index is 974. The molecule has 4 nitrogen and oxygen atoms in total. The Balaban J connectivity index is 1.56. The van der Waals surface area contributed by atoms with Crippen LogP contribution in [0.5, 0.6) is 0 Å². The molecular weight excluding hydrogens is 306 g/mol. The first-order valence-corrected chi connectivity index (χ1v) is 8.42. The van der Waals surface area contributed by atoms with Gasteiger partial charge < -0.3 is 0 Å². The van der Waals surface area contributed by atoms with Crippen molar-refractivity contribution >= 4 is 17.0 Å². The second-order valence-electron chi connectivity index (χ2n) is 5.53. The molecule has 2 aliphatic rings. The summed E-state index contributed by atoms with van der Waals surface area (Å²) in [5, 5.41) is 0. The van der Waals surface area contributed by atoms with Gasteiger partial charge in [0.15, 0.2) is 5.82 Å². The highest BCUT2D eigenvalue weighted by atomic mass is 32.1. The predicted octanol–water partition coefficient (Wildman–Crippen LogP) is 3.43. The van der Waals surface area contributed by atoms with Gasteiger partial charge in [-0.15, -0.1) is 0 Å². The first-order valence-electron chi connectivity index (χ1n) is 7.60. The first-order chi connectivity index (χ1) is 11.3. The number of nitrogens with zero attached hydrogens (tertiary/aromatic N) is 3. The number of hydrogen-bond acceptors (Lipinski definition) is 4. The summed E-state index contributed by atoms with van der Waals surface area (Å²) in [7, 11) is 0. The van der Waals surface area contributed by atoms with Crippen molar-refractivity contribution in [2.75, 3.05) is 0 Å². The summed E-state index contributed by atoms with van der Waals surface area (Å²) in [4.78, 5) is 20.6. The van der Waals surface area contributed by atoms with Crippen LogP contribution >= 0.6 is 11.3 Å². The molecule has 114 valence electrons. The Morgan fingerprint density at radius 3 is 2.74 bits per heavy atom. The number of thiazole rings is 1. The van der Waals surface area contributed by atoms with E-state index in [1.807, 2.05) is 16.7 Å². The smallest absolute Gasteiger partial charge is 0.285 e. The summed E-state index contributed by atoms with van der Waals surface area (Å²) >= 11 is 1.13. The fourth-order valence-electron chi connectivity index (χ4n) is 2.79. The van der Waals surface area contributed by atoms with Crippen molar-refractivity contribution in [3.8, 4) is 10.7 Å². The van der Waals surface area contributed by atoms with Crippen molar-refractivity contribution in [1.82, 2.24) is 14.4 Å². The highest BCUT2D eigenvalue weighted by Crippen LogP contribution is 2.22. The molecule has 1 aromatic heterocycles. The summed E-state index contributed by atoms with van der Waals surface area (Å²) in [6.45, 7) is 0. The lowest BCUT2D eigenvalue weighted by atomic mass is 10.0. The molecule has 0 radical (unpaired) electrons. The predicted molar refractivity (Wildman–Crippen MR) is 92.2 cm³/mol. The Hall–Kier alpha value is -2.53. The van der Waals surface area contributed by atoms with Gasteiger partial charge in [0.25, 0.3) is 0 Å². The van der Waals surface area contributed by atoms with E-state index in [4.69, 9.17) is 0 Å². The molecule has 3 heterocycles. The topological polar surface area (TPSA) is 47.3 Å². The van der Waals surface area contributed by atoms with Gasteiger partial charge >= 0.3 is 4.87 Å². The van der Waals surface area contributed by atoms with Gasteiger partial charge in [-0.3, -0.25) is 9.20 Å². The largest absolute Gasteiger partial charge is 0.329 e. The first kappa shape index (κ1) is 14.1. The van der Waals surface area contributed by atoms with Crippen LogP contribution in [0.4, 0.5) is 0 Å². The average Bonchev–Trinajstić information content (AvgIpc) is 2.96. The van der Waals surface area contributed by atoms with Crippen molar-refractivity contribution < 1.29 is 0 Å². The summed E-state index contributed by atoms with van der Waals surface area (Å²) in [6, 6.07) is 14.7. The maximum atomic E-state index is 11.4. The van der Waals surface area contributed by atoms with Crippen LogP contribution in [0.2, 0.25) is 0 Å². The quantitative estimate of drug-likeness (QED) is 0.578. The molecule has 0 N–H and O–H groups in total. The van der Waals surface area contributed by atoms with Crippen molar-refractivity contribution in [2.24, 2.45) is 0 Å². The number of pyridine rings is 1. The molecule has 2 aliphatic heterocycles. The lowest BCUT2D eigenvalue weighted by molar-refractivity contribution is 0.818. The van der Waals surface area contributed by atoms with Crippen molar-refractivity contribution in [2.45, 2.75) is 19.3 Å². The van der Waals surface area contributed by atoms with E-state index in [9.17, 15) is 4.79 Å². The van der Waals surface area contributed by atoms with Crippen molar-refractivity contribution in [1.29, 1.82) is 0 Å². The Labute approximate surface area is 137 Å². The third-order valence-electron chi connectivity index (χ3n) is 3.93. The molecule has 0 saturated heterocycles. The van der Waals surface area contributed by atoms with Gasteiger partial charge in [0.1, 0.15) is 5.65 Å². The van der Waals surface area contributed by atoms with E-state index in [-0.39, 0.29) is 4.87 Å². The molecule has 4 rings (SSSR count). The maximum absolute atomic E-state index is 11.4. The Morgan fingerprint density at radius 2 is 1.87 bits per heavy atom. The molecule has 5 heteroatoms. The lowest BCUT2D eigenvalue weighted by Crippen LogP contribution is -2.01. The van der Waals surface area contributed by atoms with Gasteiger partial charge in [-0.05, 0) is 42.5 Å². The van der Waals surface area contributed by atoms with E-state index in [0.717, 1.165) is 41.1 Å². The van der Waals surface area contributed by atoms with Crippen LogP contribution in [0.3, 0.4) is 0 Å². The van der Waals surface area contributed by atoms with Crippen LogP contribution in [-0.2, 0) is 12.8 Å². The van der Waals surface area contributed by atoms with E-state index in [1.54, 1.807) is 6.20 Å². The molecule has 23 heavy (non-hydrogen) atoms. The fourth-order valence-corrected chi connectivity index (χ4v) is 3.45. The van der Waals surface area contributed by atoms with Crippen LogP contribution < -0.4 is 4.87 Å². The van der Waals surface area contributed by atoms with Gasteiger partial charge in [-0.1, -0.05) is 41.7 Å². The number of fused-ring (bicyclic) bond motifs is 3. The minimum absolute atomic E-state index is 0.172. The fraction of sp³-hybridized carbons (Fsp3) is 0.167. The molecule has 0 unspecified atom stereocenters. The summed E-state index contributed by atoms with van der Waals surface area (Å²) in [5.74, 6) is 0.695. The van der Waals surface area contributed by atoms with Crippen molar-refractivity contribution in [3.05, 3.63) is 75.7 Å². The van der Waals surface area contributed by atoms with E-state index < -0.39 is 0 Å². The molecule has 0 amide bonds. The van der Waals surface area contributed by atoms with Crippen LogP contribution in [-0.4, -0.2) is 14.4 Å². The summed E-state index contributed by atoms with van der Waals surface area (Å²) < 4.78 is 1.88. The molecule has 0 fully saturated rings. The van der Waals surface area contributed by atoms with E-state index >= 15 is 0 Å². The SMILES string of the molecule is O=c1nc2n3ccc(CCCc4ccccc4)cc3ncc-2s1. The highest BCUT2D eigenvalue weighted by molar-refractivity contribution is 7.12. The van der Waals surface area contributed by atoms with Gasteiger partial charge in [0.2, 0.25) is 0 Å². The monoisotopic (exact) mass is 321 g/mol. The number of rotatable bonds is 4. The molecule has 1 aromatic carbocycles. The summed E-state index contributed by atoms with van der Waals surface area (Å²) in [6.07, 6.45) is 6.88. The van der Waals surface area contributed by atoms with E-state index in [1.165, 1.54) is 11.1 Å². The molecule has 0 spiro atoms. The molecule has 0 aliphatic carbocycles. The standard InChI is InChI=1S/C18H15N3OS/c22-18-20-17-15(23-18)12-19-16-11-14(9-10-21(16)17)8-4-7-13-5-2-1-3-6-13/h1-3,5-6,9-12H,4,7-8H2. The second kappa shape index (κ2) is 5.93. The zero-order valence-corrected chi connectivity index (χ0v) is 13.3. The zero-order valence-electron chi connectivity index (χ0n) is 12.5. The van der Waals surface area contributed by atoms with E-state index in [2.05, 4.69) is 46.4 Å². The summed E-state index contributed by atoms with van der Waals surface area (Å²) in [5.41, 5.74) is 3.46. The lowest BCUT2D eigenvalue weighted by Gasteiger charge is -2.08. The molecular formula is C18H15N3OS.